The van der Waals surface area contributed by atoms with Crippen molar-refractivity contribution in [2.45, 2.75) is 24.1 Å². The molecule has 146 valence electrons. The van der Waals surface area contributed by atoms with E-state index in [0.29, 0.717) is 34.1 Å². The average Bonchev–Trinajstić information content (AvgIpc) is 3.04. The fourth-order valence-corrected chi connectivity index (χ4v) is 3.80. The van der Waals surface area contributed by atoms with Crippen molar-refractivity contribution in [3.63, 3.8) is 0 Å². The van der Waals surface area contributed by atoms with E-state index < -0.39 is 5.82 Å². The molecule has 0 radical (unpaired) electrons. The quantitative estimate of drug-likeness (QED) is 0.321. The number of allylic oxidation sites excluding steroid dienone is 1. The fourth-order valence-electron chi connectivity index (χ4n) is 2.34. The van der Waals surface area contributed by atoms with E-state index in [9.17, 15) is 8.78 Å². The number of rotatable bonds is 8. The number of benzene rings is 2. The van der Waals surface area contributed by atoms with Crippen LogP contribution < -0.4 is 4.74 Å². The van der Waals surface area contributed by atoms with Gasteiger partial charge in [0.25, 0.3) is 0 Å². The predicted molar refractivity (Wildman–Crippen MR) is 107 cm³/mol. The Morgan fingerprint density at radius 3 is 2.64 bits per heavy atom. The monoisotopic (exact) mass is 441 g/mol. The van der Waals surface area contributed by atoms with Gasteiger partial charge < -0.3 is 4.74 Å². The Labute approximate surface area is 175 Å². The van der Waals surface area contributed by atoms with Gasteiger partial charge in [-0.05, 0) is 29.8 Å². The summed E-state index contributed by atoms with van der Waals surface area (Å²) in [6.45, 7) is 4.36. The molecule has 1 aromatic heterocycles. The molecule has 9 heteroatoms. The summed E-state index contributed by atoms with van der Waals surface area (Å²) in [7, 11) is 0. The second-order valence-corrected chi connectivity index (χ2v) is 7.44. The predicted octanol–water partition coefficient (Wildman–Crippen LogP) is 5.92. The van der Waals surface area contributed by atoms with E-state index in [1.54, 1.807) is 12.1 Å². The van der Waals surface area contributed by atoms with E-state index in [4.69, 9.17) is 27.9 Å². The summed E-state index contributed by atoms with van der Waals surface area (Å²) in [6.07, 6.45) is 1.72. The smallest absolute Gasteiger partial charge is 0.191 e. The van der Waals surface area contributed by atoms with Gasteiger partial charge in [-0.25, -0.2) is 8.78 Å². The number of halogens is 4. The standard InChI is InChI=1S/C19H15Cl2F2N3OS/c1-2-7-26-18(10-27-14-5-6-17(23)16(21)9-14)24-25-19(26)28-11-12-3-4-13(22)8-15(12)20/h2-6,8-9H,1,7,10-11H2. The molecule has 0 spiro atoms. The van der Waals surface area contributed by atoms with Gasteiger partial charge in [0.05, 0.1) is 5.02 Å². The lowest BCUT2D eigenvalue weighted by atomic mass is 10.2. The van der Waals surface area contributed by atoms with Gasteiger partial charge in [0.2, 0.25) is 0 Å². The van der Waals surface area contributed by atoms with Crippen LogP contribution in [0.25, 0.3) is 0 Å². The normalized spacial score (nSPS) is 10.9. The van der Waals surface area contributed by atoms with Crippen LogP contribution in [-0.4, -0.2) is 14.8 Å². The second-order valence-electron chi connectivity index (χ2n) is 5.69. The summed E-state index contributed by atoms with van der Waals surface area (Å²) in [6, 6.07) is 8.41. The average molecular weight is 442 g/mol. The second kappa shape index (κ2) is 9.41. The van der Waals surface area contributed by atoms with Crippen molar-refractivity contribution in [1.29, 1.82) is 0 Å². The molecule has 0 aliphatic rings. The number of nitrogens with zero attached hydrogens (tertiary/aromatic N) is 3. The Morgan fingerprint density at radius 1 is 1.11 bits per heavy atom. The molecule has 0 unspecified atom stereocenters. The summed E-state index contributed by atoms with van der Waals surface area (Å²) in [5, 5.41) is 9.34. The SMILES string of the molecule is C=CCn1c(COc2ccc(F)c(Cl)c2)nnc1SCc1ccc(F)cc1Cl. The highest BCUT2D eigenvalue weighted by Gasteiger charge is 2.14. The maximum absolute atomic E-state index is 13.2. The highest BCUT2D eigenvalue weighted by Crippen LogP contribution is 2.27. The highest BCUT2D eigenvalue weighted by atomic mass is 35.5. The molecule has 2 aromatic carbocycles. The Kier molecular flexibility index (Phi) is 6.93. The molecular weight excluding hydrogens is 427 g/mol. The lowest BCUT2D eigenvalue weighted by Crippen LogP contribution is -2.07. The summed E-state index contributed by atoms with van der Waals surface area (Å²) in [5.74, 6) is 0.610. The molecular formula is C19H15Cl2F2N3OS. The summed E-state index contributed by atoms with van der Waals surface area (Å²) >= 11 is 13.3. The van der Waals surface area contributed by atoms with Crippen molar-refractivity contribution in [2.24, 2.45) is 0 Å². The molecule has 28 heavy (non-hydrogen) atoms. The molecule has 3 rings (SSSR count). The summed E-state index contributed by atoms with van der Waals surface area (Å²) < 4.78 is 33.9. The maximum atomic E-state index is 13.2. The number of hydrogen-bond acceptors (Lipinski definition) is 4. The molecule has 0 aliphatic carbocycles. The molecule has 0 saturated carbocycles. The van der Waals surface area contributed by atoms with Gasteiger partial charge in [-0.15, -0.1) is 16.8 Å². The minimum atomic E-state index is -0.512. The zero-order valence-corrected chi connectivity index (χ0v) is 16.9. The van der Waals surface area contributed by atoms with Crippen LogP contribution in [0.5, 0.6) is 5.75 Å². The summed E-state index contributed by atoms with van der Waals surface area (Å²) in [5.41, 5.74) is 0.792. The molecule has 0 aliphatic heterocycles. The molecule has 1 heterocycles. The van der Waals surface area contributed by atoms with Crippen molar-refractivity contribution >= 4 is 35.0 Å². The van der Waals surface area contributed by atoms with Crippen LogP contribution in [0, 0.1) is 11.6 Å². The van der Waals surface area contributed by atoms with Gasteiger partial charge in [-0.3, -0.25) is 4.57 Å². The van der Waals surface area contributed by atoms with E-state index in [1.165, 1.54) is 42.1 Å². The van der Waals surface area contributed by atoms with E-state index >= 15 is 0 Å². The number of hydrogen-bond donors (Lipinski definition) is 0. The summed E-state index contributed by atoms with van der Waals surface area (Å²) in [4.78, 5) is 0. The maximum Gasteiger partial charge on any atom is 0.191 e. The topological polar surface area (TPSA) is 39.9 Å². The third-order valence-corrected chi connectivity index (χ3v) is 5.39. The minimum Gasteiger partial charge on any atom is -0.486 e. The van der Waals surface area contributed by atoms with Gasteiger partial charge in [0.15, 0.2) is 11.0 Å². The van der Waals surface area contributed by atoms with Crippen LogP contribution in [0.15, 0.2) is 54.2 Å². The number of thioether (sulfide) groups is 1. The van der Waals surface area contributed by atoms with Crippen molar-refractivity contribution < 1.29 is 13.5 Å². The van der Waals surface area contributed by atoms with Gasteiger partial charge in [0.1, 0.15) is 24.0 Å². The fraction of sp³-hybridized carbons (Fsp3) is 0.158. The van der Waals surface area contributed by atoms with Crippen LogP contribution in [0.1, 0.15) is 11.4 Å². The zero-order valence-electron chi connectivity index (χ0n) is 14.5. The van der Waals surface area contributed by atoms with Gasteiger partial charge in [-0.2, -0.15) is 0 Å². The Hall–Kier alpha value is -2.09. The first-order chi connectivity index (χ1) is 13.5. The first kappa shape index (κ1) is 20.6. The molecule has 0 bridgehead atoms. The van der Waals surface area contributed by atoms with Crippen molar-refractivity contribution in [3.05, 3.63) is 82.1 Å². The van der Waals surface area contributed by atoms with Gasteiger partial charge >= 0.3 is 0 Å². The Balaban J connectivity index is 1.71. The lowest BCUT2D eigenvalue weighted by Gasteiger charge is -2.10. The third-order valence-electron chi connectivity index (χ3n) is 3.74. The first-order valence-electron chi connectivity index (χ1n) is 8.15. The van der Waals surface area contributed by atoms with E-state index in [1.807, 2.05) is 4.57 Å². The van der Waals surface area contributed by atoms with E-state index in [0.717, 1.165) is 5.56 Å². The molecule has 4 nitrogen and oxygen atoms in total. The molecule has 0 atom stereocenters. The van der Waals surface area contributed by atoms with Crippen LogP contribution >= 0.6 is 35.0 Å². The van der Waals surface area contributed by atoms with Crippen LogP contribution in [-0.2, 0) is 18.9 Å². The van der Waals surface area contributed by atoms with Crippen molar-refractivity contribution in [2.75, 3.05) is 0 Å². The zero-order chi connectivity index (χ0) is 20.1. The Bertz CT molecular complexity index is 997. The van der Waals surface area contributed by atoms with E-state index in [2.05, 4.69) is 16.8 Å². The number of aromatic nitrogens is 3. The van der Waals surface area contributed by atoms with Crippen molar-refractivity contribution in [3.8, 4) is 5.75 Å². The van der Waals surface area contributed by atoms with Gasteiger partial charge in [0, 0.05) is 23.4 Å². The molecule has 3 aromatic rings. The van der Waals surface area contributed by atoms with Crippen molar-refractivity contribution in [1.82, 2.24) is 14.8 Å². The first-order valence-corrected chi connectivity index (χ1v) is 9.89. The minimum absolute atomic E-state index is 0.0162. The van der Waals surface area contributed by atoms with Crippen LogP contribution in [0.4, 0.5) is 8.78 Å². The highest BCUT2D eigenvalue weighted by molar-refractivity contribution is 7.98. The van der Waals surface area contributed by atoms with Crippen LogP contribution in [0.2, 0.25) is 10.0 Å². The Morgan fingerprint density at radius 2 is 1.93 bits per heavy atom. The lowest BCUT2D eigenvalue weighted by molar-refractivity contribution is 0.288. The molecule has 0 N–H and O–H groups in total. The number of ether oxygens (including phenoxy) is 1. The van der Waals surface area contributed by atoms with E-state index in [-0.39, 0.29) is 17.4 Å². The van der Waals surface area contributed by atoms with Gasteiger partial charge in [-0.1, -0.05) is 47.1 Å². The molecule has 0 fully saturated rings. The third kappa shape index (κ3) is 5.04. The molecule has 0 amide bonds. The largest absolute Gasteiger partial charge is 0.486 e. The molecule has 0 saturated heterocycles. The van der Waals surface area contributed by atoms with Crippen LogP contribution in [0.3, 0.4) is 0 Å².